The normalized spacial score (nSPS) is 16.2. The second-order valence-electron chi connectivity index (χ2n) is 8.54. The van der Waals surface area contributed by atoms with Gasteiger partial charge in [0.15, 0.2) is 0 Å². The summed E-state index contributed by atoms with van der Waals surface area (Å²) in [6, 6.07) is 10.0. The molecule has 0 atom stereocenters. The maximum absolute atomic E-state index is 12.7. The number of nitrogens with zero attached hydrogens (tertiary/aromatic N) is 3. The summed E-state index contributed by atoms with van der Waals surface area (Å²) in [5, 5.41) is 3.82. The number of rotatable bonds is 6. The standard InChI is InChI=1S/C25H23F3N4O3S/c26-25(27,28)17-6-4-16(5-7-17)24(34)31-11-8-19(9-12-31)35-13-10-29-23(33)20-14-18-15-30-21-2-1-3-22(36-20)32(18)21/h1-7,14-15,19H,8-13H2,(H,29,33). The van der Waals surface area contributed by atoms with Gasteiger partial charge in [0.1, 0.15) is 5.65 Å². The van der Waals surface area contributed by atoms with Crippen molar-refractivity contribution in [3.05, 3.63) is 70.4 Å². The first-order valence-corrected chi connectivity index (χ1v) is 12.3. The third-order valence-electron chi connectivity index (χ3n) is 6.17. The third kappa shape index (κ3) is 5.12. The molecule has 2 aliphatic heterocycles. The third-order valence-corrected chi connectivity index (χ3v) is 7.22. The molecule has 2 aliphatic rings. The first kappa shape index (κ1) is 24.4. The molecule has 7 nitrogen and oxygen atoms in total. The van der Waals surface area contributed by atoms with Gasteiger partial charge in [-0.15, -0.1) is 0 Å². The summed E-state index contributed by atoms with van der Waals surface area (Å²) in [5.74, 6) is -0.463. The van der Waals surface area contributed by atoms with E-state index < -0.39 is 11.7 Å². The summed E-state index contributed by atoms with van der Waals surface area (Å²) in [6.45, 7) is 1.61. The summed E-state index contributed by atoms with van der Waals surface area (Å²) in [6.07, 6.45) is 0.320. The zero-order chi connectivity index (χ0) is 25.3. The molecule has 0 saturated carbocycles. The first-order chi connectivity index (χ1) is 17.3. The predicted octanol–water partition coefficient (Wildman–Crippen LogP) is 4.24. The molecule has 188 valence electrons. The largest absolute Gasteiger partial charge is 0.416 e. The van der Waals surface area contributed by atoms with Crippen LogP contribution in [0.15, 0.2) is 58.6 Å². The van der Waals surface area contributed by atoms with Gasteiger partial charge in [-0.2, -0.15) is 13.2 Å². The van der Waals surface area contributed by atoms with E-state index in [0.29, 0.717) is 44.0 Å². The van der Waals surface area contributed by atoms with Crippen LogP contribution in [0.3, 0.4) is 0 Å². The summed E-state index contributed by atoms with van der Waals surface area (Å²) < 4.78 is 46.1. The zero-order valence-corrected chi connectivity index (χ0v) is 19.9. The van der Waals surface area contributed by atoms with Crippen LogP contribution in [0.5, 0.6) is 0 Å². The van der Waals surface area contributed by atoms with Crippen molar-refractivity contribution in [2.75, 3.05) is 26.2 Å². The monoisotopic (exact) mass is 516 g/mol. The zero-order valence-electron chi connectivity index (χ0n) is 19.1. The number of piperidine rings is 1. The highest BCUT2D eigenvalue weighted by atomic mass is 32.2. The Hall–Kier alpha value is -3.31. The van der Waals surface area contributed by atoms with Crippen LogP contribution in [0.1, 0.15) is 34.5 Å². The van der Waals surface area contributed by atoms with Crippen LogP contribution in [0.2, 0.25) is 0 Å². The number of alkyl halides is 3. The van der Waals surface area contributed by atoms with Gasteiger partial charge in [-0.3, -0.25) is 14.0 Å². The molecule has 36 heavy (non-hydrogen) atoms. The number of carbonyl (C=O) groups excluding carboxylic acids is 2. The van der Waals surface area contributed by atoms with Gasteiger partial charge < -0.3 is 15.0 Å². The van der Waals surface area contributed by atoms with Crippen LogP contribution in [0, 0.1) is 0 Å². The summed E-state index contributed by atoms with van der Waals surface area (Å²) in [7, 11) is 0. The van der Waals surface area contributed by atoms with Crippen molar-refractivity contribution in [2.45, 2.75) is 30.1 Å². The maximum Gasteiger partial charge on any atom is 0.416 e. The van der Waals surface area contributed by atoms with Crippen LogP contribution in [-0.2, 0) is 15.7 Å². The molecule has 1 aromatic carbocycles. The number of ether oxygens (including phenoxy) is 1. The quantitative estimate of drug-likeness (QED) is 0.496. The molecular weight excluding hydrogens is 493 g/mol. The van der Waals surface area contributed by atoms with E-state index in [-0.39, 0.29) is 23.5 Å². The van der Waals surface area contributed by atoms with Crippen molar-refractivity contribution in [1.29, 1.82) is 0 Å². The van der Waals surface area contributed by atoms with Gasteiger partial charge in [-0.25, -0.2) is 4.98 Å². The van der Waals surface area contributed by atoms with E-state index in [1.54, 1.807) is 11.1 Å². The highest BCUT2D eigenvalue weighted by molar-refractivity contribution is 8.04. The minimum atomic E-state index is -4.43. The van der Waals surface area contributed by atoms with Crippen molar-refractivity contribution in [3.8, 4) is 0 Å². The van der Waals surface area contributed by atoms with Gasteiger partial charge in [-0.05, 0) is 55.3 Å². The number of carbonyl (C=O) groups is 2. The molecule has 5 rings (SSSR count). The molecule has 0 spiro atoms. The first-order valence-electron chi connectivity index (χ1n) is 11.5. The minimum absolute atomic E-state index is 0.0474. The lowest BCUT2D eigenvalue weighted by Crippen LogP contribution is -2.41. The molecule has 0 bridgehead atoms. The molecule has 0 aliphatic carbocycles. The molecule has 2 amide bonds. The molecule has 2 aromatic heterocycles. The van der Waals surface area contributed by atoms with E-state index in [1.165, 1.54) is 23.9 Å². The number of halogens is 3. The Morgan fingerprint density at radius 1 is 1.11 bits per heavy atom. The highest BCUT2D eigenvalue weighted by Crippen LogP contribution is 2.34. The molecule has 11 heteroatoms. The molecule has 1 saturated heterocycles. The van der Waals surface area contributed by atoms with E-state index in [2.05, 4.69) is 10.3 Å². The van der Waals surface area contributed by atoms with E-state index in [9.17, 15) is 22.8 Å². The highest BCUT2D eigenvalue weighted by Gasteiger charge is 2.31. The van der Waals surface area contributed by atoms with E-state index in [1.807, 2.05) is 28.7 Å². The predicted molar refractivity (Wildman–Crippen MR) is 128 cm³/mol. The van der Waals surface area contributed by atoms with Gasteiger partial charge in [0.05, 0.1) is 40.1 Å². The lowest BCUT2D eigenvalue weighted by Gasteiger charge is -2.32. The van der Waals surface area contributed by atoms with Crippen LogP contribution in [0.4, 0.5) is 13.2 Å². The molecule has 0 radical (unpaired) electrons. The Morgan fingerprint density at radius 2 is 1.86 bits per heavy atom. The number of benzene rings is 1. The SMILES string of the molecule is O=C(NCCOC1CCN(C(=O)c2ccc(C(F)(F)F)cc2)CC1)C1=Cc2cnc3cccc(n23)S1. The molecule has 1 N–H and O–H groups in total. The average molecular weight is 517 g/mol. The molecule has 1 fully saturated rings. The topological polar surface area (TPSA) is 75.9 Å². The van der Waals surface area contributed by atoms with Crippen molar-refractivity contribution in [3.63, 3.8) is 0 Å². The lowest BCUT2D eigenvalue weighted by molar-refractivity contribution is -0.137. The molecule has 4 heterocycles. The number of likely N-dealkylation sites (tertiary alicyclic amines) is 1. The molecule has 0 unspecified atom stereocenters. The van der Waals surface area contributed by atoms with E-state index in [4.69, 9.17) is 4.74 Å². The van der Waals surface area contributed by atoms with E-state index in [0.717, 1.165) is 28.5 Å². The van der Waals surface area contributed by atoms with Crippen LogP contribution < -0.4 is 5.32 Å². The summed E-state index contributed by atoms with van der Waals surface area (Å²) >= 11 is 1.39. The van der Waals surface area contributed by atoms with Crippen LogP contribution in [-0.4, -0.2) is 58.4 Å². The summed E-state index contributed by atoms with van der Waals surface area (Å²) in [4.78, 5) is 31.8. The number of hydrogen-bond acceptors (Lipinski definition) is 5. The Labute approximate surface area is 209 Å². The van der Waals surface area contributed by atoms with Crippen molar-refractivity contribution < 1.29 is 27.5 Å². The molecule has 3 aromatic rings. The van der Waals surface area contributed by atoms with Gasteiger partial charge in [-0.1, -0.05) is 17.8 Å². The number of amides is 2. The number of aromatic nitrogens is 2. The van der Waals surface area contributed by atoms with Crippen molar-refractivity contribution >= 4 is 35.3 Å². The lowest BCUT2D eigenvalue weighted by atomic mass is 10.1. The Balaban J connectivity index is 1.05. The van der Waals surface area contributed by atoms with Crippen LogP contribution >= 0.6 is 11.8 Å². The van der Waals surface area contributed by atoms with Gasteiger partial charge in [0.2, 0.25) is 0 Å². The minimum Gasteiger partial charge on any atom is -0.376 e. The van der Waals surface area contributed by atoms with Gasteiger partial charge in [0.25, 0.3) is 11.8 Å². The van der Waals surface area contributed by atoms with Crippen LogP contribution in [0.25, 0.3) is 11.7 Å². The number of pyridine rings is 1. The number of imidazole rings is 1. The Bertz CT molecular complexity index is 1310. The van der Waals surface area contributed by atoms with Gasteiger partial charge >= 0.3 is 6.18 Å². The number of thioether (sulfide) groups is 1. The number of hydrogen-bond donors (Lipinski definition) is 1. The summed E-state index contributed by atoms with van der Waals surface area (Å²) in [5.41, 5.74) is 1.16. The Kier molecular flexibility index (Phi) is 6.76. The fraction of sp³-hybridized carbons (Fsp3) is 0.320. The fourth-order valence-corrected chi connectivity index (χ4v) is 5.29. The van der Waals surface area contributed by atoms with Crippen molar-refractivity contribution in [1.82, 2.24) is 19.6 Å². The number of nitrogens with one attached hydrogen (secondary N) is 1. The van der Waals surface area contributed by atoms with E-state index >= 15 is 0 Å². The van der Waals surface area contributed by atoms with Crippen molar-refractivity contribution in [2.24, 2.45) is 0 Å². The average Bonchev–Trinajstić information content (AvgIpc) is 3.30. The molecular formula is C25H23F3N4O3S. The second-order valence-corrected chi connectivity index (χ2v) is 9.61. The Morgan fingerprint density at radius 3 is 2.58 bits per heavy atom. The van der Waals surface area contributed by atoms with Gasteiger partial charge in [0, 0.05) is 25.2 Å². The second kappa shape index (κ2) is 9.98. The smallest absolute Gasteiger partial charge is 0.376 e. The maximum atomic E-state index is 12.7. The fourth-order valence-electron chi connectivity index (χ4n) is 4.29.